The molecular weight excluding hydrogens is 331 g/mol. The number of carbonyl (C=O) groups excluding carboxylic acids is 1. The standard InChI is InChI=1S/C12H26N2O2.HI/c1-13(2,3)9-10-16-12(15)11-7-6-8-14(11,4)5;/h11H,6-10H2,1-5H3;1H/q+2;/p-1. The van der Waals surface area contributed by atoms with Crippen molar-refractivity contribution in [1.29, 1.82) is 0 Å². The number of ether oxygens (including phenoxy) is 1. The van der Waals surface area contributed by atoms with Gasteiger partial charge < -0.3 is 37.7 Å². The van der Waals surface area contributed by atoms with Crippen molar-refractivity contribution in [3.8, 4) is 0 Å². The Bertz CT molecular complexity index is 262. The van der Waals surface area contributed by atoms with Crippen LogP contribution in [0.3, 0.4) is 0 Å². The molecule has 0 aliphatic carbocycles. The Morgan fingerprint density at radius 3 is 2.35 bits per heavy atom. The number of esters is 1. The molecule has 17 heavy (non-hydrogen) atoms. The van der Waals surface area contributed by atoms with Gasteiger partial charge in [0.15, 0.2) is 6.04 Å². The highest BCUT2D eigenvalue weighted by Crippen LogP contribution is 2.23. The summed E-state index contributed by atoms with van der Waals surface area (Å²) in [5.41, 5.74) is 0. The summed E-state index contributed by atoms with van der Waals surface area (Å²) in [6, 6.07) is 0.0486. The van der Waals surface area contributed by atoms with Gasteiger partial charge in [-0.3, -0.25) is 0 Å². The molecule has 0 aromatic rings. The van der Waals surface area contributed by atoms with Crippen LogP contribution in [0.4, 0.5) is 0 Å². The lowest BCUT2D eigenvalue weighted by Gasteiger charge is -2.30. The van der Waals surface area contributed by atoms with Crippen molar-refractivity contribution < 1.29 is 42.5 Å². The van der Waals surface area contributed by atoms with Gasteiger partial charge in [-0.25, -0.2) is 4.79 Å². The quantitative estimate of drug-likeness (QED) is 0.315. The minimum Gasteiger partial charge on any atom is -1.00 e. The fourth-order valence-corrected chi connectivity index (χ4v) is 2.12. The van der Waals surface area contributed by atoms with Gasteiger partial charge >= 0.3 is 5.97 Å². The Balaban J connectivity index is 0.00000256. The molecule has 0 amide bonds. The molecule has 102 valence electrons. The smallest absolute Gasteiger partial charge is 0.365 e. The number of quaternary nitrogens is 2. The zero-order valence-electron chi connectivity index (χ0n) is 11.7. The lowest BCUT2D eigenvalue weighted by molar-refractivity contribution is -0.894. The Kier molecular flexibility index (Phi) is 6.38. The van der Waals surface area contributed by atoms with E-state index in [4.69, 9.17) is 4.74 Å². The van der Waals surface area contributed by atoms with Gasteiger partial charge in [-0.1, -0.05) is 0 Å². The van der Waals surface area contributed by atoms with Gasteiger partial charge in [0.1, 0.15) is 13.2 Å². The van der Waals surface area contributed by atoms with E-state index < -0.39 is 0 Å². The van der Waals surface area contributed by atoms with Crippen LogP contribution >= 0.6 is 0 Å². The Labute approximate surface area is 122 Å². The van der Waals surface area contributed by atoms with Crippen LogP contribution in [-0.4, -0.2) is 75.9 Å². The van der Waals surface area contributed by atoms with Gasteiger partial charge in [-0.05, 0) is 0 Å². The minimum absolute atomic E-state index is 0. The lowest BCUT2D eigenvalue weighted by Crippen LogP contribution is -3.00. The minimum atomic E-state index is -0.0176. The highest BCUT2D eigenvalue weighted by atomic mass is 127. The average molecular weight is 357 g/mol. The number of likely N-dealkylation sites (tertiary alicyclic amines) is 1. The van der Waals surface area contributed by atoms with Crippen molar-refractivity contribution in [3.63, 3.8) is 0 Å². The maximum absolute atomic E-state index is 11.9. The normalized spacial score (nSPS) is 23.0. The van der Waals surface area contributed by atoms with Crippen molar-refractivity contribution in [2.75, 3.05) is 54.9 Å². The first-order chi connectivity index (χ1) is 7.22. The average Bonchev–Trinajstić information content (AvgIpc) is 2.42. The lowest BCUT2D eigenvalue weighted by atomic mass is 10.2. The SMILES string of the molecule is C[N+](C)(C)CCOC(=O)C1CCC[N+]1(C)C.[I-]. The molecule has 1 unspecified atom stereocenters. The number of rotatable bonds is 4. The van der Waals surface area contributed by atoms with Gasteiger partial charge in [-0.15, -0.1) is 0 Å². The van der Waals surface area contributed by atoms with E-state index >= 15 is 0 Å². The van der Waals surface area contributed by atoms with Crippen LogP contribution < -0.4 is 24.0 Å². The van der Waals surface area contributed by atoms with E-state index in [-0.39, 0.29) is 36.0 Å². The van der Waals surface area contributed by atoms with Crippen LogP contribution in [0.1, 0.15) is 12.8 Å². The molecule has 1 fully saturated rings. The summed E-state index contributed by atoms with van der Waals surface area (Å²) >= 11 is 0. The highest BCUT2D eigenvalue weighted by molar-refractivity contribution is 5.74. The van der Waals surface area contributed by atoms with Crippen LogP contribution in [0.25, 0.3) is 0 Å². The molecule has 1 rings (SSSR count). The molecule has 0 saturated carbocycles. The third-order valence-electron chi connectivity index (χ3n) is 3.33. The van der Waals surface area contributed by atoms with Crippen molar-refractivity contribution in [3.05, 3.63) is 0 Å². The Morgan fingerprint density at radius 1 is 1.35 bits per heavy atom. The largest absolute Gasteiger partial charge is 1.00 e. The number of hydrogen-bond acceptors (Lipinski definition) is 2. The number of hydrogen-bond donors (Lipinski definition) is 0. The van der Waals surface area contributed by atoms with Crippen molar-refractivity contribution in [1.82, 2.24) is 0 Å². The van der Waals surface area contributed by atoms with Crippen LogP contribution in [0.5, 0.6) is 0 Å². The molecule has 0 aromatic heterocycles. The van der Waals surface area contributed by atoms with Gasteiger partial charge in [0.2, 0.25) is 0 Å². The molecule has 1 heterocycles. The van der Waals surface area contributed by atoms with E-state index in [1.54, 1.807) is 0 Å². The third kappa shape index (κ3) is 5.52. The molecule has 1 saturated heterocycles. The molecule has 0 N–H and O–H groups in total. The van der Waals surface area contributed by atoms with E-state index in [1.165, 1.54) is 0 Å². The Morgan fingerprint density at radius 2 is 1.94 bits per heavy atom. The summed E-state index contributed by atoms with van der Waals surface area (Å²) in [6.07, 6.45) is 2.10. The van der Waals surface area contributed by atoms with E-state index in [9.17, 15) is 4.79 Å². The van der Waals surface area contributed by atoms with E-state index in [0.717, 1.165) is 34.9 Å². The first kappa shape index (κ1) is 17.1. The summed E-state index contributed by atoms with van der Waals surface area (Å²) in [4.78, 5) is 11.9. The van der Waals surface area contributed by atoms with Crippen LogP contribution in [-0.2, 0) is 9.53 Å². The molecule has 1 aliphatic heterocycles. The molecule has 1 aliphatic rings. The highest BCUT2D eigenvalue weighted by Gasteiger charge is 2.40. The first-order valence-corrected chi connectivity index (χ1v) is 6.02. The van der Waals surface area contributed by atoms with E-state index in [0.29, 0.717) is 6.61 Å². The van der Waals surface area contributed by atoms with Crippen LogP contribution in [0, 0.1) is 0 Å². The summed E-state index contributed by atoms with van der Waals surface area (Å²) in [5, 5.41) is 0. The van der Waals surface area contributed by atoms with Crippen molar-refractivity contribution in [2.24, 2.45) is 0 Å². The molecular formula is C12H26IN2O2+. The predicted molar refractivity (Wildman–Crippen MR) is 63.9 cm³/mol. The summed E-state index contributed by atoms with van der Waals surface area (Å²) in [5.74, 6) is -0.0176. The molecule has 0 bridgehead atoms. The summed E-state index contributed by atoms with van der Waals surface area (Å²) < 4.78 is 6.98. The van der Waals surface area contributed by atoms with E-state index in [2.05, 4.69) is 35.2 Å². The van der Waals surface area contributed by atoms with Gasteiger partial charge in [-0.2, -0.15) is 0 Å². The number of halogens is 1. The molecule has 5 heteroatoms. The Hall–Kier alpha value is 0.120. The van der Waals surface area contributed by atoms with E-state index in [1.807, 2.05) is 0 Å². The molecule has 0 spiro atoms. The van der Waals surface area contributed by atoms with Gasteiger partial charge in [0.05, 0.1) is 41.8 Å². The topological polar surface area (TPSA) is 26.3 Å². The third-order valence-corrected chi connectivity index (χ3v) is 3.33. The fraction of sp³-hybridized carbons (Fsp3) is 0.917. The number of likely N-dealkylation sites (N-methyl/N-ethyl adjacent to an activating group) is 2. The van der Waals surface area contributed by atoms with Crippen LogP contribution in [0.15, 0.2) is 0 Å². The summed E-state index contributed by atoms with van der Waals surface area (Å²) in [7, 11) is 10.5. The molecule has 0 aromatic carbocycles. The first-order valence-electron chi connectivity index (χ1n) is 6.02. The van der Waals surface area contributed by atoms with Crippen molar-refractivity contribution >= 4 is 5.97 Å². The predicted octanol–water partition coefficient (Wildman–Crippen LogP) is -2.52. The van der Waals surface area contributed by atoms with Gasteiger partial charge in [0, 0.05) is 12.8 Å². The molecule has 1 atom stereocenters. The summed E-state index contributed by atoms with van der Waals surface area (Å²) in [6.45, 7) is 2.47. The monoisotopic (exact) mass is 357 g/mol. The van der Waals surface area contributed by atoms with Crippen LogP contribution in [0.2, 0.25) is 0 Å². The maximum atomic E-state index is 11.9. The number of nitrogens with zero attached hydrogens (tertiary/aromatic N) is 2. The second-order valence-corrected chi connectivity index (χ2v) is 6.34. The zero-order chi connectivity index (χ0) is 12.4. The second-order valence-electron chi connectivity index (χ2n) is 6.34. The van der Waals surface area contributed by atoms with Gasteiger partial charge in [0.25, 0.3) is 0 Å². The molecule has 4 nitrogen and oxygen atoms in total. The fourth-order valence-electron chi connectivity index (χ4n) is 2.12. The second kappa shape index (κ2) is 6.33. The zero-order valence-corrected chi connectivity index (χ0v) is 13.9. The number of carbonyl (C=O) groups is 1. The molecule has 0 radical (unpaired) electrons. The van der Waals surface area contributed by atoms with Crippen molar-refractivity contribution in [2.45, 2.75) is 18.9 Å². The maximum Gasteiger partial charge on any atom is 0.365 e.